The molecule has 1 saturated carbocycles. The van der Waals surface area contributed by atoms with Gasteiger partial charge in [-0.25, -0.2) is 9.78 Å². The van der Waals surface area contributed by atoms with E-state index in [0.29, 0.717) is 23.8 Å². The first-order valence-corrected chi connectivity index (χ1v) is 10.8. The van der Waals surface area contributed by atoms with Crippen molar-refractivity contribution in [2.75, 3.05) is 31.1 Å². The Kier molecular flexibility index (Phi) is 6.27. The number of carbonyl (C=O) groups excluding carboxylic acids is 2. The number of aromatic nitrogens is 1. The van der Waals surface area contributed by atoms with Crippen molar-refractivity contribution in [3.63, 3.8) is 0 Å². The smallest absolute Gasteiger partial charge is 0.342 e. The summed E-state index contributed by atoms with van der Waals surface area (Å²) in [6, 6.07) is 9.58. The fourth-order valence-corrected chi connectivity index (χ4v) is 4.34. The molecule has 2 heterocycles. The van der Waals surface area contributed by atoms with Crippen LogP contribution in [0, 0.1) is 5.92 Å². The number of nitrogens with zero attached hydrogens (tertiary/aromatic N) is 2. The molecule has 154 valence electrons. The molecule has 6 heteroatoms. The Balaban J connectivity index is 1.41. The summed E-state index contributed by atoms with van der Waals surface area (Å²) in [4.78, 5) is 31.8. The monoisotopic (exact) mass is 395 g/mol. The highest BCUT2D eigenvalue weighted by atomic mass is 16.5. The summed E-state index contributed by atoms with van der Waals surface area (Å²) in [6.45, 7) is 2.19. The molecular weight excluding hydrogens is 366 g/mol. The summed E-state index contributed by atoms with van der Waals surface area (Å²) in [5.74, 6) is 0.488. The van der Waals surface area contributed by atoms with Crippen LogP contribution in [0.3, 0.4) is 0 Å². The minimum Gasteiger partial charge on any atom is -0.452 e. The van der Waals surface area contributed by atoms with Crippen molar-refractivity contribution in [1.29, 1.82) is 0 Å². The number of anilines is 1. The molecule has 1 aliphatic heterocycles. The lowest BCUT2D eigenvalue weighted by molar-refractivity contribution is -0.124. The Hall–Kier alpha value is -2.63. The predicted molar refractivity (Wildman–Crippen MR) is 113 cm³/mol. The third-order valence-electron chi connectivity index (χ3n) is 5.98. The first-order valence-electron chi connectivity index (χ1n) is 10.8. The molecule has 2 fully saturated rings. The Morgan fingerprint density at radius 2 is 1.83 bits per heavy atom. The van der Waals surface area contributed by atoms with Crippen molar-refractivity contribution in [2.45, 2.75) is 44.9 Å². The van der Waals surface area contributed by atoms with Gasteiger partial charge >= 0.3 is 5.97 Å². The van der Waals surface area contributed by atoms with Gasteiger partial charge in [0, 0.05) is 25.0 Å². The lowest BCUT2D eigenvalue weighted by atomic mass is 9.89. The van der Waals surface area contributed by atoms with Gasteiger partial charge < -0.3 is 15.0 Å². The molecule has 0 unspecified atom stereocenters. The van der Waals surface area contributed by atoms with Gasteiger partial charge in [-0.15, -0.1) is 0 Å². The van der Waals surface area contributed by atoms with Crippen LogP contribution >= 0.6 is 0 Å². The number of para-hydroxylation sites is 1. The number of amides is 1. The van der Waals surface area contributed by atoms with Gasteiger partial charge in [-0.05, 0) is 43.7 Å². The number of benzene rings is 1. The van der Waals surface area contributed by atoms with Gasteiger partial charge in [-0.1, -0.05) is 37.5 Å². The maximum atomic E-state index is 12.8. The van der Waals surface area contributed by atoms with Crippen LogP contribution in [0.1, 0.15) is 55.3 Å². The second-order valence-electron chi connectivity index (χ2n) is 8.13. The van der Waals surface area contributed by atoms with Gasteiger partial charge in [0.15, 0.2) is 6.61 Å². The average Bonchev–Trinajstić information content (AvgIpc) is 3.30. The second kappa shape index (κ2) is 9.25. The summed E-state index contributed by atoms with van der Waals surface area (Å²) >= 11 is 0. The molecule has 1 N–H and O–H groups in total. The van der Waals surface area contributed by atoms with E-state index in [4.69, 9.17) is 9.72 Å². The number of hydrogen-bond acceptors (Lipinski definition) is 5. The molecule has 2 aromatic rings. The van der Waals surface area contributed by atoms with Gasteiger partial charge in [0.2, 0.25) is 0 Å². The molecule has 2 aliphatic rings. The molecule has 1 aromatic carbocycles. The summed E-state index contributed by atoms with van der Waals surface area (Å²) < 4.78 is 5.36. The van der Waals surface area contributed by atoms with E-state index in [1.807, 2.05) is 30.3 Å². The molecule has 1 aromatic heterocycles. The van der Waals surface area contributed by atoms with E-state index < -0.39 is 5.97 Å². The highest BCUT2D eigenvalue weighted by Crippen LogP contribution is 2.27. The normalized spacial score (nSPS) is 17.4. The van der Waals surface area contributed by atoms with Crippen LogP contribution in [0.5, 0.6) is 0 Å². The molecule has 6 nitrogen and oxygen atoms in total. The minimum atomic E-state index is -0.488. The molecule has 29 heavy (non-hydrogen) atoms. The minimum absolute atomic E-state index is 0.236. The Labute approximate surface area is 171 Å². The van der Waals surface area contributed by atoms with E-state index >= 15 is 0 Å². The summed E-state index contributed by atoms with van der Waals surface area (Å²) in [5.41, 5.74) is 1.29. The van der Waals surface area contributed by atoms with E-state index in [1.54, 1.807) is 0 Å². The quantitative estimate of drug-likeness (QED) is 0.756. The first kappa shape index (κ1) is 19.7. The summed E-state index contributed by atoms with van der Waals surface area (Å²) in [6.07, 6.45) is 8.29. The zero-order chi connectivity index (χ0) is 20.1. The van der Waals surface area contributed by atoms with Gasteiger partial charge in [0.1, 0.15) is 11.4 Å². The van der Waals surface area contributed by atoms with Crippen molar-refractivity contribution in [3.8, 4) is 0 Å². The average molecular weight is 396 g/mol. The lowest BCUT2D eigenvalue weighted by Crippen LogP contribution is -2.33. The fourth-order valence-electron chi connectivity index (χ4n) is 4.34. The number of carbonyl (C=O) groups is 2. The molecule has 0 atom stereocenters. The number of fused-ring (bicyclic) bond motifs is 1. The van der Waals surface area contributed by atoms with Crippen molar-refractivity contribution in [1.82, 2.24) is 10.3 Å². The van der Waals surface area contributed by atoms with Gasteiger partial charge in [0.25, 0.3) is 5.91 Å². The van der Waals surface area contributed by atoms with Crippen molar-refractivity contribution >= 4 is 28.6 Å². The highest BCUT2D eigenvalue weighted by Gasteiger charge is 2.23. The SMILES string of the molecule is O=C(COC(=O)c1cc2ccccc2nc1N1CCCC1)NCC1CCCCC1. The van der Waals surface area contributed by atoms with Crippen molar-refractivity contribution < 1.29 is 14.3 Å². The molecular formula is C23H29N3O3. The van der Waals surface area contributed by atoms with Crippen molar-refractivity contribution in [3.05, 3.63) is 35.9 Å². The Morgan fingerprint density at radius 1 is 1.07 bits per heavy atom. The molecule has 0 radical (unpaired) electrons. The third kappa shape index (κ3) is 4.86. The Morgan fingerprint density at radius 3 is 2.62 bits per heavy atom. The van der Waals surface area contributed by atoms with Crippen LogP contribution in [0.25, 0.3) is 10.9 Å². The topological polar surface area (TPSA) is 71.5 Å². The first-order chi connectivity index (χ1) is 14.2. The lowest BCUT2D eigenvalue weighted by Gasteiger charge is -2.22. The largest absolute Gasteiger partial charge is 0.452 e. The van der Waals surface area contributed by atoms with Crippen molar-refractivity contribution in [2.24, 2.45) is 5.92 Å². The standard InChI is InChI=1S/C23H29N3O3/c27-21(24-15-17-8-2-1-3-9-17)16-29-23(28)19-14-18-10-4-5-11-20(18)25-22(19)26-12-6-7-13-26/h4-5,10-11,14,17H,1-3,6-9,12-13,15-16H2,(H,24,27). The molecule has 4 rings (SSSR count). The molecule has 1 saturated heterocycles. The van der Waals surface area contributed by atoms with E-state index in [0.717, 1.165) is 36.8 Å². The summed E-state index contributed by atoms with van der Waals surface area (Å²) in [7, 11) is 0. The van der Waals surface area contributed by atoms with Crippen LogP contribution in [0.2, 0.25) is 0 Å². The third-order valence-corrected chi connectivity index (χ3v) is 5.98. The van der Waals surface area contributed by atoms with Gasteiger partial charge in [-0.2, -0.15) is 0 Å². The number of rotatable bonds is 6. The van der Waals surface area contributed by atoms with Gasteiger partial charge in [0.05, 0.1) is 5.52 Å². The van der Waals surface area contributed by atoms with Crippen LogP contribution < -0.4 is 10.2 Å². The van der Waals surface area contributed by atoms with E-state index in [1.165, 1.54) is 32.1 Å². The van der Waals surface area contributed by atoms with E-state index in [9.17, 15) is 9.59 Å². The Bertz CT molecular complexity index is 871. The second-order valence-corrected chi connectivity index (χ2v) is 8.13. The number of esters is 1. The molecule has 1 aliphatic carbocycles. The molecule has 0 spiro atoms. The number of hydrogen-bond donors (Lipinski definition) is 1. The maximum absolute atomic E-state index is 12.8. The van der Waals surface area contributed by atoms with Gasteiger partial charge in [-0.3, -0.25) is 4.79 Å². The number of pyridine rings is 1. The number of nitrogens with one attached hydrogen (secondary N) is 1. The highest BCUT2D eigenvalue weighted by molar-refractivity contribution is 6.00. The van der Waals surface area contributed by atoms with Crippen LogP contribution in [-0.2, 0) is 9.53 Å². The predicted octanol–water partition coefficient (Wildman–Crippen LogP) is 3.69. The maximum Gasteiger partial charge on any atom is 0.342 e. The zero-order valence-corrected chi connectivity index (χ0v) is 16.9. The van der Waals surface area contributed by atoms with E-state index in [2.05, 4.69) is 10.2 Å². The fraction of sp³-hybridized carbons (Fsp3) is 0.522. The molecule has 0 bridgehead atoms. The van der Waals surface area contributed by atoms with Crippen LogP contribution in [0.4, 0.5) is 5.82 Å². The number of ether oxygens (including phenoxy) is 1. The zero-order valence-electron chi connectivity index (χ0n) is 16.9. The van der Waals surface area contributed by atoms with Crippen LogP contribution in [-0.4, -0.2) is 43.1 Å². The molecule has 1 amide bonds. The summed E-state index contributed by atoms with van der Waals surface area (Å²) in [5, 5.41) is 3.81. The van der Waals surface area contributed by atoms with E-state index in [-0.39, 0.29) is 12.5 Å². The van der Waals surface area contributed by atoms with Crippen LogP contribution in [0.15, 0.2) is 30.3 Å².